The van der Waals surface area contributed by atoms with Gasteiger partial charge in [-0.2, -0.15) is 5.10 Å². The molecule has 0 aromatic carbocycles. The van der Waals surface area contributed by atoms with Crippen LogP contribution >= 0.6 is 12.2 Å². The van der Waals surface area contributed by atoms with Crippen LogP contribution in [0.1, 0.15) is 0 Å². The highest BCUT2D eigenvalue weighted by molar-refractivity contribution is 7.71. The van der Waals surface area contributed by atoms with Gasteiger partial charge < -0.3 is 4.98 Å². The molecule has 2 aromatic rings. The van der Waals surface area contributed by atoms with E-state index in [1.54, 1.807) is 10.9 Å². The zero-order chi connectivity index (χ0) is 9.26. The van der Waals surface area contributed by atoms with E-state index < -0.39 is 0 Å². The predicted octanol–water partition coefficient (Wildman–Crippen LogP) is 1.54. The topological polar surface area (TPSA) is 46.5 Å². The quantitative estimate of drug-likeness (QED) is 0.697. The van der Waals surface area contributed by atoms with Gasteiger partial charge >= 0.3 is 0 Å². The molecule has 0 atom stereocenters. The van der Waals surface area contributed by atoms with Crippen molar-refractivity contribution in [3.63, 3.8) is 0 Å². The molecule has 4 nitrogen and oxygen atoms in total. The fraction of sp³-hybridized carbons (Fsp3) is 0.125. The zero-order valence-electron chi connectivity index (χ0n) is 7.06. The molecule has 13 heavy (non-hydrogen) atoms. The van der Waals surface area contributed by atoms with Gasteiger partial charge in [-0.3, -0.25) is 0 Å². The molecule has 66 valence electrons. The lowest BCUT2D eigenvalue weighted by Gasteiger charge is -1.98. The van der Waals surface area contributed by atoms with Crippen molar-refractivity contribution in [2.45, 2.75) is 0 Å². The van der Waals surface area contributed by atoms with Gasteiger partial charge in [0.15, 0.2) is 5.82 Å². The van der Waals surface area contributed by atoms with Gasteiger partial charge in [-0.1, -0.05) is 12.2 Å². The van der Waals surface area contributed by atoms with Crippen LogP contribution in [-0.2, 0) is 7.05 Å². The number of rotatable bonds is 1. The van der Waals surface area contributed by atoms with Gasteiger partial charge in [-0.05, 0) is 12.1 Å². The SMILES string of the molecule is Cn1ncnc1-c1cc(=S)cc[nH]1. The highest BCUT2D eigenvalue weighted by atomic mass is 32.1. The molecule has 0 aliphatic heterocycles. The fourth-order valence-electron chi connectivity index (χ4n) is 1.11. The number of nitrogens with zero attached hydrogens (tertiary/aromatic N) is 3. The standard InChI is InChI=1S/C8H8N4S/c1-12-8(10-5-11-12)7-4-6(13)2-3-9-7/h2-5H,1H3,(H,9,13). The second-order valence-corrected chi connectivity index (χ2v) is 3.12. The molecule has 2 rings (SSSR count). The Morgan fingerprint density at radius 1 is 1.54 bits per heavy atom. The Morgan fingerprint density at radius 2 is 2.38 bits per heavy atom. The Kier molecular flexibility index (Phi) is 1.94. The van der Waals surface area contributed by atoms with Crippen molar-refractivity contribution >= 4 is 12.2 Å². The Hall–Kier alpha value is -1.49. The molecule has 0 aliphatic rings. The van der Waals surface area contributed by atoms with E-state index in [0.29, 0.717) is 0 Å². The number of aromatic amines is 1. The van der Waals surface area contributed by atoms with Gasteiger partial charge in [-0.15, -0.1) is 0 Å². The van der Waals surface area contributed by atoms with Crippen molar-refractivity contribution < 1.29 is 0 Å². The molecule has 0 radical (unpaired) electrons. The van der Waals surface area contributed by atoms with E-state index >= 15 is 0 Å². The molecular formula is C8H8N4S. The Labute approximate surface area is 80.3 Å². The van der Waals surface area contributed by atoms with Crippen molar-refractivity contribution in [1.82, 2.24) is 19.7 Å². The largest absolute Gasteiger partial charge is 0.359 e. The van der Waals surface area contributed by atoms with Gasteiger partial charge in [0.25, 0.3) is 0 Å². The second-order valence-electron chi connectivity index (χ2n) is 2.65. The van der Waals surface area contributed by atoms with E-state index in [-0.39, 0.29) is 0 Å². The third kappa shape index (κ3) is 1.50. The number of hydrogen-bond acceptors (Lipinski definition) is 3. The Morgan fingerprint density at radius 3 is 3.00 bits per heavy atom. The van der Waals surface area contributed by atoms with E-state index in [0.717, 1.165) is 16.0 Å². The van der Waals surface area contributed by atoms with E-state index in [9.17, 15) is 0 Å². The Balaban J connectivity index is 2.59. The third-order valence-corrected chi connectivity index (χ3v) is 1.98. The predicted molar refractivity (Wildman–Crippen MR) is 51.6 cm³/mol. The minimum absolute atomic E-state index is 0.784. The zero-order valence-corrected chi connectivity index (χ0v) is 7.88. The van der Waals surface area contributed by atoms with Gasteiger partial charge in [0.1, 0.15) is 6.33 Å². The maximum absolute atomic E-state index is 5.04. The lowest BCUT2D eigenvalue weighted by atomic mass is 10.3. The number of aromatic nitrogens is 4. The molecule has 2 aromatic heterocycles. The smallest absolute Gasteiger partial charge is 0.174 e. The summed E-state index contributed by atoms with van der Waals surface area (Å²) in [5.74, 6) is 0.784. The number of nitrogens with one attached hydrogen (secondary N) is 1. The fourth-order valence-corrected chi connectivity index (χ4v) is 1.30. The first-order valence-corrected chi connectivity index (χ1v) is 4.21. The molecule has 0 amide bonds. The van der Waals surface area contributed by atoms with Crippen LogP contribution in [0, 0.1) is 4.51 Å². The normalized spacial score (nSPS) is 10.2. The van der Waals surface area contributed by atoms with Crippen LogP contribution < -0.4 is 0 Å². The van der Waals surface area contributed by atoms with Crippen LogP contribution in [0.3, 0.4) is 0 Å². The Bertz CT molecular complexity index is 471. The maximum Gasteiger partial charge on any atom is 0.174 e. The summed E-state index contributed by atoms with van der Waals surface area (Å²) in [6.45, 7) is 0. The molecule has 2 heterocycles. The first kappa shape index (κ1) is 8.12. The van der Waals surface area contributed by atoms with Gasteiger partial charge in [0.05, 0.1) is 5.69 Å². The summed E-state index contributed by atoms with van der Waals surface area (Å²) in [5, 5.41) is 3.97. The third-order valence-electron chi connectivity index (χ3n) is 1.73. The van der Waals surface area contributed by atoms with Crippen molar-refractivity contribution in [2.24, 2.45) is 7.05 Å². The summed E-state index contributed by atoms with van der Waals surface area (Å²) < 4.78 is 2.48. The minimum Gasteiger partial charge on any atom is -0.359 e. The highest BCUT2D eigenvalue weighted by Crippen LogP contribution is 2.11. The lowest BCUT2D eigenvalue weighted by molar-refractivity contribution is 0.772. The number of hydrogen-bond donors (Lipinski definition) is 1. The van der Waals surface area contributed by atoms with Crippen LogP contribution in [0.4, 0.5) is 0 Å². The van der Waals surface area contributed by atoms with Crippen molar-refractivity contribution in [2.75, 3.05) is 0 Å². The van der Waals surface area contributed by atoms with Gasteiger partial charge in [-0.25, -0.2) is 9.67 Å². The van der Waals surface area contributed by atoms with E-state index in [4.69, 9.17) is 12.2 Å². The molecule has 1 N–H and O–H groups in total. The van der Waals surface area contributed by atoms with Crippen molar-refractivity contribution in [3.05, 3.63) is 29.2 Å². The van der Waals surface area contributed by atoms with Crippen LogP contribution in [0.15, 0.2) is 24.7 Å². The summed E-state index contributed by atoms with van der Waals surface area (Å²) >= 11 is 5.04. The molecule has 0 aliphatic carbocycles. The van der Waals surface area contributed by atoms with E-state index in [2.05, 4.69) is 15.1 Å². The summed E-state index contributed by atoms with van der Waals surface area (Å²) in [7, 11) is 1.84. The number of aryl methyl sites for hydroxylation is 1. The first-order valence-electron chi connectivity index (χ1n) is 3.80. The molecule has 0 bridgehead atoms. The van der Waals surface area contributed by atoms with E-state index in [1.807, 2.05) is 19.2 Å². The molecule has 0 saturated heterocycles. The average molecular weight is 192 g/mol. The van der Waals surface area contributed by atoms with E-state index in [1.165, 1.54) is 6.33 Å². The average Bonchev–Trinajstić information content (AvgIpc) is 2.51. The highest BCUT2D eigenvalue weighted by Gasteiger charge is 2.02. The summed E-state index contributed by atoms with van der Waals surface area (Å²) in [4.78, 5) is 7.16. The number of pyridine rings is 1. The molecule has 5 heteroatoms. The molecule has 0 fully saturated rings. The van der Waals surface area contributed by atoms with Crippen LogP contribution in [0.5, 0.6) is 0 Å². The summed E-state index contributed by atoms with van der Waals surface area (Å²) in [5.41, 5.74) is 0.882. The second kappa shape index (κ2) is 3.10. The van der Waals surface area contributed by atoms with Crippen LogP contribution in [0.2, 0.25) is 0 Å². The molecule has 0 saturated carbocycles. The van der Waals surface area contributed by atoms with Crippen molar-refractivity contribution in [3.8, 4) is 11.5 Å². The van der Waals surface area contributed by atoms with Crippen molar-refractivity contribution in [1.29, 1.82) is 0 Å². The number of H-pyrrole nitrogens is 1. The van der Waals surface area contributed by atoms with Gasteiger partial charge in [0, 0.05) is 17.8 Å². The first-order chi connectivity index (χ1) is 6.27. The molecule has 0 unspecified atom stereocenters. The monoisotopic (exact) mass is 192 g/mol. The molecule has 0 spiro atoms. The van der Waals surface area contributed by atoms with Gasteiger partial charge in [0.2, 0.25) is 0 Å². The maximum atomic E-state index is 5.04. The van der Waals surface area contributed by atoms with Crippen LogP contribution in [0.25, 0.3) is 11.5 Å². The lowest BCUT2D eigenvalue weighted by Crippen LogP contribution is -1.95. The van der Waals surface area contributed by atoms with Crippen LogP contribution in [-0.4, -0.2) is 19.7 Å². The summed E-state index contributed by atoms with van der Waals surface area (Å²) in [6.07, 6.45) is 3.31. The minimum atomic E-state index is 0.784. The summed E-state index contributed by atoms with van der Waals surface area (Å²) in [6, 6.07) is 3.69. The molecular weight excluding hydrogens is 184 g/mol.